The monoisotopic (exact) mass is 392 g/mol. The normalized spacial score (nSPS) is 14.4. The van der Waals surface area contributed by atoms with Crippen LogP contribution in [0.4, 0.5) is 0 Å². The van der Waals surface area contributed by atoms with E-state index < -0.39 is 12.1 Å². The summed E-state index contributed by atoms with van der Waals surface area (Å²) in [5.74, 6) is -0.898. The minimum Gasteiger partial charge on any atom is -0.452 e. The van der Waals surface area contributed by atoms with Gasteiger partial charge in [-0.05, 0) is 41.8 Å². The molecule has 2 aromatic rings. The third kappa shape index (κ3) is 4.50. The summed E-state index contributed by atoms with van der Waals surface area (Å²) in [5.41, 5.74) is 1.74. The number of amides is 2. The van der Waals surface area contributed by atoms with Crippen molar-refractivity contribution in [3.63, 3.8) is 0 Å². The van der Waals surface area contributed by atoms with Crippen molar-refractivity contribution in [2.45, 2.75) is 32.4 Å². The van der Waals surface area contributed by atoms with E-state index in [0.717, 1.165) is 6.42 Å². The van der Waals surface area contributed by atoms with Crippen LogP contribution in [0, 0.1) is 0 Å². The number of thiophene rings is 2. The molecule has 0 saturated heterocycles. The highest BCUT2D eigenvalue weighted by Gasteiger charge is 2.27. The molecule has 0 radical (unpaired) electrons. The number of hydrogen-bond donors (Lipinski definition) is 1. The summed E-state index contributed by atoms with van der Waals surface area (Å²) >= 11 is 3.15. The van der Waals surface area contributed by atoms with E-state index in [0.29, 0.717) is 18.7 Å². The van der Waals surface area contributed by atoms with Crippen LogP contribution in [-0.4, -0.2) is 41.9 Å². The fourth-order valence-electron chi connectivity index (χ4n) is 2.77. The van der Waals surface area contributed by atoms with Gasteiger partial charge >= 0.3 is 5.97 Å². The van der Waals surface area contributed by atoms with Crippen molar-refractivity contribution >= 4 is 40.5 Å². The van der Waals surface area contributed by atoms with Crippen molar-refractivity contribution in [3.05, 3.63) is 44.3 Å². The van der Waals surface area contributed by atoms with E-state index in [1.54, 1.807) is 34.6 Å². The largest absolute Gasteiger partial charge is 0.452 e. The lowest BCUT2D eigenvalue weighted by Crippen LogP contribution is -2.42. The van der Waals surface area contributed by atoms with Gasteiger partial charge < -0.3 is 15.0 Å². The predicted molar refractivity (Wildman–Crippen MR) is 100 cm³/mol. The van der Waals surface area contributed by atoms with Crippen LogP contribution in [0.1, 0.15) is 34.1 Å². The van der Waals surface area contributed by atoms with E-state index in [1.165, 1.54) is 21.8 Å². The number of fused-ring (bicyclic) bond motifs is 1. The van der Waals surface area contributed by atoms with E-state index in [4.69, 9.17) is 4.74 Å². The van der Waals surface area contributed by atoms with Gasteiger partial charge in [-0.3, -0.25) is 14.4 Å². The summed E-state index contributed by atoms with van der Waals surface area (Å²) in [6.45, 7) is 2.98. The minimum absolute atomic E-state index is 0.0299. The molecule has 0 aromatic carbocycles. The van der Waals surface area contributed by atoms with Crippen molar-refractivity contribution in [3.8, 4) is 0 Å². The van der Waals surface area contributed by atoms with E-state index in [1.807, 2.05) is 16.8 Å². The van der Waals surface area contributed by atoms with Crippen LogP contribution in [0.5, 0.6) is 0 Å². The Balaban J connectivity index is 1.41. The van der Waals surface area contributed by atoms with E-state index in [-0.39, 0.29) is 24.8 Å². The molecule has 2 amide bonds. The molecule has 0 aliphatic carbocycles. The van der Waals surface area contributed by atoms with Crippen LogP contribution in [0.3, 0.4) is 0 Å². The molecule has 1 unspecified atom stereocenters. The van der Waals surface area contributed by atoms with Gasteiger partial charge in [0.2, 0.25) is 0 Å². The first-order chi connectivity index (χ1) is 12.5. The van der Waals surface area contributed by atoms with Gasteiger partial charge in [0.1, 0.15) is 0 Å². The number of carbonyl (C=O) groups is 3. The molecule has 0 fully saturated rings. The van der Waals surface area contributed by atoms with Gasteiger partial charge in [-0.25, -0.2) is 0 Å². The van der Waals surface area contributed by atoms with Crippen molar-refractivity contribution in [1.82, 2.24) is 10.2 Å². The molecule has 2 aromatic heterocycles. The van der Waals surface area contributed by atoms with Crippen LogP contribution in [0.15, 0.2) is 28.3 Å². The van der Waals surface area contributed by atoms with Gasteiger partial charge in [-0.2, -0.15) is 11.3 Å². The number of hydrogen-bond acceptors (Lipinski definition) is 6. The Morgan fingerprint density at radius 2 is 2.15 bits per heavy atom. The summed E-state index contributed by atoms with van der Waals surface area (Å²) in [4.78, 5) is 39.2. The average Bonchev–Trinajstić information content (AvgIpc) is 3.31. The Bertz CT molecular complexity index is 785. The first-order valence-corrected chi connectivity index (χ1v) is 10.2. The molecule has 0 spiro atoms. The summed E-state index contributed by atoms with van der Waals surface area (Å²) < 4.78 is 5.23. The average molecular weight is 393 g/mol. The van der Waals surface area contributed by atoms with Gasteiger partial charge in [0.05, 0.1) is 6.42 Å². The van der Waals surface area contributed by atoms with Crippen molar-refractivity contribution in [2.75, 3.05) is 13.1 Å². The number of ether oxygens (including phenoxy) is 1. The molecule has 1 atom stereocenters. The summed E-state index contributed by atoms with van der Waals surface area (Å²) in [6, 6.07) is 3.75. The highest BCUT2D eigenvalue weighted by atomic mass is 32.1. The number of nitrogens with zero attached hydrogens (tertiary/aromatic N) is 1. The first-order valence-electron chi connectivity index (χ1n) is 8.38. The molecule has 8 heteroatoms. The SMILES string of the molecule is CC(OC(=O)CCNC(=O)c1ccsc1)C(=O)N1CCc2sccc2C1. The lowest BCUT2D eigenvalue weighted by molar-refractivity contribution is -0.159. The van der Waals surface area contributed by atoms with Crippen LogP contribution < -0.4 is 5.32 Å². The smallest absolute Gasteiger partial charge is 0.308 e. The molecule has 3 heterocycles. The van der Waals surface area contributed by atoms with Crippen molar-refractivity contribution in [2.24, 2.45) is 0 Å². The third-order valence-electron chi connectivity index (χ3n) is 4.17. The van der Waals surface area contributed by atoms with Gasteiger partial charge in [0.15, 0.2) is 6.10 Å². The van der Waals surface area contributed by atoms with Crippen LogP contribution in [-0.2, 0) is 27.3 Å². The van der Waals surface area contributed by atoms with Crippen LogP contribution in [0.2, 0.25) is 0 Å². The zero-order valence-electron chi connectivity index (χ0n) is 14.4. The maximum Gasteiger partial charge on any atom is 0.308 e. The van der Waals surface area contributed by atoms with E-state index >= 15 is 0 Å². The lowest BCUT2D eigenvalue weighted by atomic mass is 10.1. The minimum atomic E-state index is -0.824. The Labute approximate surface area is 159 Å². The maximum atomic E-state index is 12.5. The highest BCUT2D eigenvalue weighted by molar-refractivity contribution is 7.10. The molecule has 26 heavy (non-hydrogen) atoms. The molecule has 0 bridgehead atoms. The second kappa shape index (κ2) is 8.46. The number of esters is 1. The third-order valence-corrected chi connectivity index (χ3v) is 5.88. The van der Waals surface area contributed by atoms with Gasteiger partial charge in [-0.1, -0.05) is 0 Å². The van der Waals surface area contributed by atoms with Crippen LogP contribution >= 0.6 is 22.7 Å². The summed E-state index contributed by atoms with van der Waals surface area (Å²) in [7, 11) is 0. The molecule has 3 rings (SSSR count). The molecule has 1 aliphatic heterocycles. The zero-order chi connectivity index (χ0) is 18.5. The fraction of sp³-hybridized carbons (Fsp3) is 0.389. The fourth-order valence-corrected chi connectivity index (χ4v) is 4.30. The number of rotatable bonds is 6. The predicted octanol–water partition coefficient (Wildman–Crippen LogP) is 2.45. The Morgan fingerprint density at radius 3 is 2.92 bits per heavy atom. The maximum absolute atomic E-state index is 12.5. The highest BCUT2D eigenvalue weighted by Crippen LogP contribution is 2.24. The molecule has 0 saturated carbocycles. The molecular formula is C18H20N2O4S2. The van der Waals surface area contributed by atoms with Crippen molar-refractivity contribution in [1.29, 1.82) is 0 Å². The zero-order valence-corrected chi connectivity index (χ0v) is 16.0. The van der Waals surface area contributed by atoms with Gasteiger partial charge in [-0.15, -0.1) is 11.3 Å². The molecule has 1 aliphatic rings. The van der Waals surface area contributed by atoms with Crippen molar-refractivity contribution < 1.29 is 19.1 Å². The van der Waals surface area contributed by atoms with Gasteiger partial charge in [0, 0.05) is 35.5 Å². The molecular weight excluding hydrogens is 372 g/mol. The molecule has 1 N–H and O–H groups in total. The second-order valence-corrected chi connectivity index (χ2v) is 7.81. The summed E-state index contributed by atoms with van der Waals surface area (Å²) in [6.07, 6.45) is 0.0474. The standard InChI is InChI=1S/C18H20N2O4S2/c1-12(18(23)20-7-3-15-13(10-20)5-9-26-15)24-16(21)2-6-19-17(22)14-4-8-25-11-14/h4-5,8-9,11-12H,2-3,6-7,10H2,1H3,(H,19,22). The number of carbonyl (C=O) groups excluding carboxylic acids is 3. The van der Waals surface area contributed by atoms with Gasteiger partial charge in [0.25, 0.3) is 11.8 Å². The number of nitrogens with one attached hydrogen (secondary N) is 1. The Morgan fingerprint density at radius 1 is 1.31 bits per heavy atom. The van der Waals surface area contributed by atoms with Crippen LogP contribution in [0.25, 0.3) is 0 Å². The Hall–Kier alpha value is -2.19. The second-order valence-electron chi connectivity index (χ2n) is 6.03. The topological polar surface area (TPSA) is 75.7 Å². The summed E-state index contributed by atoms with van der Waals surface area (Å²) in [5, 5.41) is 8.25. The molecule has 6 nitrogen and oxygen atoms in total. The quantitative estimate of drug-likeness (QED) is 0.766. The molecule has 138 valence electrons. The lowest BCUT2D eigenvalue weighted by Gasteiger charge is -2.29. The van der Waals surface area contributed by atoms with E-state index in [9.17, 15) is 14.4 Å². The first kappa shape index (κ1) is 18.6. The van der Waals surface area contributed by atoms with E-state index in [2.05, 4.69) is 5.32 Å². The Kier molecular flexibility index (Phi) is 6.05.